The summed E-state index contributed by atoms with van der Waals surface area (Å²) in [5.41, 5.74) is 7.70. The van der Waals surface area contributed by atoms with Crippen molar-refractivity contribution in [3.8, 4) is 0 Å². The third-order valence-corrected chi connectivity index (χ3v) is 5.91. The van der Waals surface area contributed by atoms with Gasteiger partial charge in [-0.1, -0.05) is 27.7 Å². The molecular weight excluding hydrogens is 396 g/mol. The number of aliphatic hydroxyl groups excluding tert-OH is 1. The molecule has 1 heterocycles. The van der Waals surface area contributed by atoms with Crippen LogP contribution in [-0.4, -0.2) is 52.8 Å². The van der Waals surface area contributed by atoms with Crippen molar-refractivity contribution in [1.82, 2.24) is 4.98 Å². The summed E-state index contributed by atoms with van der Waals surface area (Å²) >= 11 is 0. The summed E-state index contributed by atoms with van der Waals surface area (Å²) in [5, 5.41) is 19.9. The number of nitrogens with two attached hydrogens (primary N) is 1. The first-order valence-electron chi connectivity index (χ1n) is 11.2. The maximum atomic E-state index is 13.2. The van der Waals surface area contributed by atoms with E-state index in [2.05, 4.69) is 4.98 Å². The Kier molecular flexibility index (Phi) is 11.9. The van der Waals surface area contributed by atoms with Gasteiger partial charge in [-0.25, -0.2) is 0 Å². The Bertz CT molecular complexity index is 692. The van der Waals surface area contributed by atoms with E-state index in [0.717, 1.165) is 25.0 Å². The lowest BCUT2D eigenvalue weighted by atomic mass is 9.80. The van der Waals surface area contributed by atoms with Gasteiger partial charge in [0.25, 0.3) is 0 Å². The fourth-order valence-electron chi connectivity index (χ4n) is 3.76. The molecule has 0 aliphatic rings. The second-order valence-corrected chi connectivity index (χ2v) is 9.09. The van der Waals surface area contributed by atoms with Crippen molar-refractivity contribution in [1.29, 1.82) is 0 Å². The molecule has 0 radical (unpaired) electrons. The standard InChI is InChI=1S/C24H40N2O5/c1-15(2)19(13-21(25)22(27)14-20(16(3)4)24(29)30)23(28)17-9-10-26-18(12-17)8-6-7-11-31-5/h9-10,12,15-16,19-22,27H,6-8,11,13-14,25H2,1-5H3,(H,29,30). The third kappa shape index (κ3) is 9.05. The van der Waals surface area contributed by atoms with Crippen LogP contribution in [-0.2, 0) is 16.0 Å². The molecule has 31 heavy (non-hydrogen) atoms. The molecule has 1 rings (SSSR count). The molecule has 0 aliphatic heterocycles. The van der Waals surface area contributed by atoms with Crippen LogP contribution in [0.15, 0.2) is 18.3 Å². The molecule has 4 N–H and O–H groups in total. The summed E-state index contributed by atoms with van der Waals surface area (Å²) in [4.78, 5) is 29.0. The quantitative estimate of drug-likeness (QED) is 0.285. The number of hydrogen-bond acceptors (Lipinski definition) is 6. The zero-order valence-corrected chi connectivity index (χ0v) is 19.6. The zero-order chi connectivity index (χ0) is 23.6. The molecule has 4 atom stereocenters. The number of aliphatic carboxylic acids is 1. The van der Waals surface area contributed by atoms with E-state index in [9.17, 15) is 19.8 Å². The second kappa shape index (κ2) is 13.6. The largest absolute Gasteiger partial charge is 0.481 e. The number of unbranched alkanes of at least 4 members (excludes halogenated alkanes) is 1. The van der Waals surface area contributed by atoms with Crippen LogP contribution in [0, 0.1) is 23.7 Å². The summed E-state index contributed by atoms with van der Waals surface area (Å²) in [5.74, 6) is -2.07. The minimum absolute atomic E-state index is 0.0168. The number of carboxylic acids is 1. The van der Waals surface area contributed by atoms with Crippen molar-refractivity contribution in [2.45, 2.75) is 71.9 Å². The van der Waals surface area contributed by atoms with Crippen molar-refractivity contribution in [3.05, 3.63) is 29.6 Å². The van der Waals surface area contributed by atoms with E-state index < -0.39 is 24.0 Å². The number of aryl methyl sites for hydroxylation is 1. The van der Waals surface area contributed by atoms with Crippen molar-refractivity contribution < 1.29 is 24.5 Å². The Balaban J connectivity index is 2.84. The first-order chi connectivity index (χ1) is 14.6. The second-order valence-electron chi connectivity index (χ2n) is 9.09. The lowest BCUT2D eigenvalue weighted by Crippen LogP contribution is -2.41. The van der Waals surface area contributed by atoms with Crippen LogP contribution >= 0.6 is 0 Å². The van der Waals surface area contributed by atoms with E-state index >= 15 is 0 Å². The maximum absolute atomic E-state index is 13.2. The number of nitrogens with zero attached hydrogens (tertiary/aromatic N) is 1. The molecule has 0 spiro atoms. The predicted molar refractivity (Wildman–Crippen MR) is 121 cm³/mol. The number of methoxy groups -OCH3 is 1. The fraction of sp³-hybridized carbons (Fsp3) is 0.708. The van der Waals surface area contributed by atoms with Crippen molar-refractivity contribution in [2.75, 3.05) is 13.7 Å². The van der Waals surface area contributed by atoms with Crippen LogP contribution in [0.1, 0.15) is 69.4 Å². The number of aliphatic hydroxyl groups is 1. The van der Waals surface area contributed by atoms with Crippen LogP contribution < -0.4 is 5.73 Å². The Morgan fingerprint density at radius 1 is 1.10 bits per heavy atom. The van der Waals surface area contributed by atoms with Crippen LogP contribution in [0.2, 0.25) is 0 Å². The number of rotatable bonds is 15. The number of ether oxygens (including phenoxy) is 1. The molecule has 0 saturated carbocycles. The number of carboxylic acid groups (broad SMARTS) is 1. The molecule has 0 bridgehead atoms. The minimum Gasteiger partial charge on any atom is -0.481 e. The van der Waals surface area contributed by atoms with Gasteiger partial charge in [0.15, 0.2) is 5.78 Å². The first kappa shape index (κ1) is 27.2. The van der Waals surface area contributed by atoms with E-state index in [1.807, 2.05) is 33.8 Å². The van der Waals surface area contributed by atoms with Gasteiger partial charge in [-0.3, -0.25) is 14.6 Å². The van der Waals surface area contributed by atoms with Gasteiger partial charge in [-0.05, 0) is 56.1 Å². The van der Waals surface area contributed by atoms with Gasteiger partial charge < -0.3 is 20.7 Å². The Morgan fingerprint density at radius 3 is 2.29 bits per heavy atom. The fourth-order valence-corrected chi connectivity index (χ4v) is 3.76. The van der Waals surface area contributed by atoms with Crippen molar-refractivity contribution in [3.63, 3.8) is 0 Å². The maximum Gasteiger partial charge on any atom is 0.306 e. The van der Waals surface area contributed by atoms with Crippen LogP contribution in [0.3, 0.4) is 0 Å². The highest BCUT2D eigenvalue weighted by Crippen LogP contribution is 2.26. The summed E-state index contributed by atoms with van der Waals surface area (Å²) < 4.78 is 5.07. The molecule has 0 aliphatic carbocycles. The van der Waals surface area contributed by atoms with Crippen LogP contribution in [0.5, 0.6) is 0 Å². The first-order valence-corrected chi connectivity index (χ1v) is 11.2. The van der Waals surface area contributed by atoms with Gasteiger partial charge in [0.2, 0.25) is 0 Å². The van der Waals surface area contributed by atoms with E-state index in [1.54, 1.807) is 19.4 Å². The molecule has 0 saturated heterocycles. The van der Waals surface area contributed by atoms with E-state index in [-0.39, 0.29) is 30.0 Å². The number of carbonyl (C=O) groups excluding carboxylic acids is 1. The molecule has 0 fully saturated rings. The summed E-state index contributed by atoms with van der Waals surface area (Å²) in [6.07, 6.45) is 3.70. The van der Waals surface area contributed by atoms with Gasteiger partial charge in [0.1, 0.15) is 0 Å². The van der Waals surface area contributed by atoms with Gasteiger partial charge in [0.05, 0.1) is 12.0 Å². The number of ketones is 1. The smallest absolute Gasteiger partial charge is 0.306 e. The average molecular weight is 437 g/mol. The number of carbonyl (C=O) groups is 2. The number of hydrogen-bond donors (Lipinski definition) is 3. The molecule has 7 heteroatoms. The summed E-state index contributed by atoms with van der Waals surface area (Å²) in [6.45, 7) is 8.25. The SMILES string of the molecule is COCCCCc1cc(C(=O)C(CC(N)C(O)CC(C(=O)O)C(C)C)C(C)C)ccn1. The Hall–Kier alpha value is -1.83. The monoisotopic (exact) mass is 436 g/mol. The van der Waals surface area contributed by atoms with E-state index in [0.29, 0.717) is 18.6 Å². The molecule has 4 unspecified atom stereocenters. The lowest BCUT2D eigenvalue weighted by molar-refractivity contribution is -0.144. The number of pyridine rings is 1. The van der Waals surface area contributed by atoms with Gasteiger partial charge in [0, 0.05) is 43.1 Å². The van der Waals surface area contributed by atoms with Crippen LogP contribution in [0.4, 0.5) is 0 Å². The predicted octanol–water partition coefficient (Wildman–Crippen LogP) is 3.33. The topological polar surface area (TPSA) is 123 Å². The van der Waals surface area contributed by atoms with E-state index in [1.165, 1.54) is 0 Å². The zero-order valence-electron chi connectivity index (χ0n) is 19.6. The highest BCUT2D eigenvalue weighted by molar-refractivity contribution is 5.98. The average Bonchev–Trinajstić information content (AvgIpc) is 2.71. The minimum atomic E-state index is -0.980. The molecule has 176 valence electrons. The molecule has 1 aromatic heterocycles. The molecular formula is C24H40N2O5. The number of aromatic nitrogens is 1. The normalized spacial score (nSPS) is 15.6. The van der Waals surface area contributed by atoms with E-state index in [4.69, 9.17) is 10.5 Å². The number of Topliss-reactive ketones (excluding diaryl/α,β-unsaturated/α-hetero) is 1. The van der Waals surface area contributed by atoms with Gasteiger partial charge in [-0.15, -0.1) is 0 Å². The van der Waals surface area contributed by atoms with Crippen LogP contribution in [0.25, 0.3) is 0 Å². The molecule has 1 aromatic rings. The lowest BCUT2D eigenvalue weighted by Gasteiger charge is -2.28. The Morgan fingerprint density at radius 2 is 1.74 bits per heavy atom. The van der Waals surface area contributed by atoms with Crippen molar-refractivity contribution in [2.24, 2.45) is 29.4 Å². The molecule has 0 amide bonds. The summed E-state index contributed by atoms with van der Waals surface area (Å²) in [7, 11) is 1.68. The Labute approximate surface area is 186 Å². The van der Waals surface area contributed by atoms with Gasteiger partial charge in [-0.2, -0.15) is 0 Å². The highest BCUT2D eigenvalue weighted by Gasteiger charge is 2.32. The van der Waals surface area contributed by atoms with Gasteiger partial charge >= 0.3 is 5.97 Å². The molecule has 0 aromatic carbocycles. The van der Waals surface area contributed by atoms with Crippen molar-refractivity contribution >= 4 is 11.8 Å². The highest BCUT2D eigenvalue weighted by atomic mass is 16.5. The summed E-state index contributed by atoms with van der Waals surface area (Å²) in [6, 6.07) is 2.88. The molecule has 7 nitrogen and oxygen atoms in total. The third-order valence-electron chi connectivity index (χ3n) is 5.91.